The Hall–Kier alpha value is -2.56. The summed E-state index contributed by atoms with van der Waals surface area (Å²) in [5.74, 6) is 0.685. The van der Waals surface area contributed by atoms with Crippen LogP contribution >= 0.6 is 0 Å². The first-order chi connectivity index (χ1) is 14.2. The van der Waals surface area contributed by atoms with E-state index < -0.39 is 5.97 Å². The second-order valence-corrected chi connectivity index (χ2v) is 9.05. The van der Waals surface area contributed by atoms with Crippen LogP contribution in [0.2, 0.25) is 0 Å². The highest BCUT2D eigenvalue weighted by Gasteiger charge is 2.44. The molecule has 1 aromatic carbocycles. The second-order valence-electron chi connectivity index (χ2n) is 9.05. The van der Waals surface area contributed by atoms with E-state index in [0.29, 0.717) is 36.2 Å². The van der Waals surface area contributed by atoms with Crippen LogP contribution in [0.25, 0.3) is 11.0 Å². The van der Waals surface area contributed by atoms with Gasteiger partial charge in [-0.25, -0.2) is 4.79 Å². The molecule has 162 valence electrons. The maximum Gasteiger partial charge on any atom is 0.336 e. The SMILES string of the molecule is CC(C)=C1CC[C@H](C)[C@](C)(COc2ccc3ccc(=O)oc3c2)[C@H]1CCCC(=O)O. The van der Waals surface area contributed by atoms with Crippen LogP contribution in [0.5, 0.6) is 5.75 Å². The molecule has 1 saturated carbocycles. The van der Waals surface area contributed by atoms with Crippen LogP contribution in [0.3, 0.4) is 0 Å². The number of aliphatic carboxylic acids is 1. The summed E-state index contributed by atoms with van der Waals surface area (Å²) in [6.07, 6.45) is 3.88. The third kappa shape index (κ3) is 4.77. The van der Waals surface area contributed by atoms with Gasteiger partial charge in [0.2, 0.25) is 0 Å². The summed E-state index contributed by atoms with van der Waals surface area (Å²) in [7, 11) is 0. The van der Waals surface area contributed by atoms with Crippen LogP contribution in [0.4, 0.5) is 0 Å². The number of hydrogen-bond acceptors (Lipinski definition) is 4. The molecule has 0 radical (unpaired) electrons. The van der Waals surface area contributed by atoms with Gasteiger partial charge in [-0.3, -0.25) is 4.79 Å². The van der Waals surface area contributed by atoms with Crippen molar-refractivity contribution in [2.24, 2.45) is 17.3 Å². The summed E-state index contributed by atoms with van der Waals surface area (Å²) in [6.45, 7) is 9.39. The zero-order chi connectivity index (χ0) is 21.9. The van der Waals surface area contributed by atoms with E-state index in [1.807, 2.05) is 12.1 Å². The first-order valence-electron chi connectivity index (χ1n) is 10.8. The van der Waals surface area contributed by atoms with Crippen LogP contribution in [0.1, 0.15) is 59.8 Å². The minimum absolute atomic E-state index is 0.101. The number of fused-ring (bicyclic) bond motifs is 1. The molecule has 0 bridgehead atoms. The van der Waals surface area contributed by atoms with Crippen LogP contribution < -0.4 is 10.4 Å². The van der Waals surface area contributed by atoms with Crippen LogP contribution in [0, 0.1) is 17.3 Å². The van der Waals surface area contributed by atoms with Crippen molar-refractivity contribution in [2.45, 2.75) is 59.8 Å². The van der Waals surface area contributed by atoms with E-state index in [1.54, 1.807) is 12.1 Å². The van der Waals surface area contributed by atoms with Gasteiger partial charge in [0.05, 0.1) is 6.61 Å². The van der Waals surface area contributed by atoms with E-state index in [-0.39, 0.29) is 17.5 Å². The quantitative estimate of drug-likeness (QED) is 0.458. The van der Waals surface area contributed by atoms with E-state index >= 15 is 0 Å². The Balaban J connectivity index is 1.84. The summed E-state index contributed by atoms with van der Waals surface area (Å²) in [5.41, 5.74) is 2.83. The normalized spacial score (nSPS) is 24.1. The minimum Gasteiger partial charge on any atom is -0.493 e. The van der Waals surface area contributed by atoms with Crippen LogP contribution in [-0.4, -0.2) is 17.7 Å². The maximum absolute atomic E-state index is 11.5. The van der Waals surface area contributed by atoms with Gasteiger partial charge in [0, 0.05) is 29.4 Å². The molecule has 3 rings (SSSR count). The first-order valence-corrected chi connectivity index (χ1v) is 10.8. The minimum atomic E-state index is -0.742. The summed E-state index contributed by atoms with van der Waals surface area (Å²) < 4.78 is 11.5. The van der Waals surface area contributed by atoms with E-state index in [9.17, 15) is 9.59 Å². The van der Waals surface area contributed by atoms with Crippen molar-refractivity contribution in [3.05, 3.63) is 51.9 Å². The summed E-state index contributed by atoms with van der Waals surface area (Å²) in [5, 5.41) is 9.95. The topological polar surface area (TPSA) is 76.7 Å². The molecule has 1 aromatic heterocycles. The van der Waals surface area contributed by atoms with Gasteiger partial charge >= 0.3 is 11.6 Å². The van der Waals surface area contributed by atoms with Gasteiger partial charge in [-0.05, 0) is 69.6 Å². The molecule has 1 N–H and O–H groups in total. The van der Waals surface area contributed by atoms with Crippen molar-refractivity contribution in [1.29, 1.82) is 0 Å². The number of carboxylic acid groups (broad SMARTS) is 1. The van der Waals surface area contributed by atoms with Gasteiger partial charge < -0.3 is 14.3 Å². The fourth-order valence-corrected chi connectivity index (χ4v) is 4.79. The van der Waals surface area contributed by atoms with Crippen molar-refractivity contribution >= 4 is 16.9 Å². The third-order valence-electron chi connectivity index (χ3n) is 6.86. The lowest BCUT2D eigenvalue weighted by atomic mass is 9.58. The van der Waals surface area contributed by atoms with Crippen molar-refractivity contribution in [2.75, 3.05) is 6.61 Å². The number of allylic oxidation sites excluding steroid dienone is 2. The van der Waals surface area contributed by atoms with Gasteiger partial charge in [-0.2, -0.15) is 0 Å². The second kappa shape index (κ2) is 9.07. The summed E-state index contributed by atoms with van der Waals surface area (Å²) >= 11 is 0. The Morgan fingerprint density at radius 1 is 1.27 bits per heavy atom. The highest BCUT2D eigenvalue weighted by Crippen LogP contribution is 2.51. The van der Waals surface area contributed by atoms with Crippen molar-refractivity contribution < 1.29 is 19.1 Å². The molecule has 1 aliphatic rings. The molecular formula is C25H32O5. The molecule has 3 atom stereocenters. The lowest BCUT2D eigenvalue weighted by Crippen LogP contribution is -2.44. The zero-order valence-corrected chi connectivity index (χ0v) is 18.4. The van der Waals surface area contributed by atoms with Gasteiger partial charge in [0.15, 0.2) is 0 Å². The maximum atomic E-state index is 11.5. The highest BCUT2D eigenvalue weighted by atomic mass is 16.5. The van der Waals surface area contributed by atoms with Crippen molar-refractivity contribution in [3.8, 4) is 5.75 Å². The third-order valence-corrected chi connectivity index (χ3v) is 6.86. The van der Waals surface area contributed by atoms with E-state index in [0.717, 1.165) is 24.6 Å². The summed E-state index contributed by atoms with van der Waals surface area (Å²) in [6, 6.07) is 8.73. The lowest BCUT2D eigenvalue weighted by molar-refractivity contribution is -0.137. The number of hydrogen-bond donors (Lipinski definition) is 1. The standard InChI is InChI=1S/C25H32O5/c1-16(2)20-12-8-17(3)25(4,21(20)6-5-7-23(26)27)15-29-19-11-9-18-10-13-24(28)30-22(18)14-19/h9-11,13-14,17,21H,5-8,12,15H2,1-4H3,(H,26,27)/t17-,21-,25-/m0/s1. The number of benzene rings is 1. The Labute approximate surface area is 177 Å². The average molecular weight is 413 g/mol. The molecule has 5 nitrogen and oxygen atoms in total. The van der Waals surface area contributed by atoms with E-state index in [1.165, 1.54) is 17.2 Å². The molecule has 0 spiro atoms. The Morgan fingerprint density at radius 3 is 2.70 bits per heavy atom. The van der Waals surface area contributed by atoms with Gasteiger partial charge in [-0.1, -0.05) is 25.0 Å². The summed E-state index contributed by atoms with van der Waals surface area (Å²) in [4.78, 5) is 22.6. The zero-order valence-electron chi connectivity index (χ0n) is 18.4. The predicted octanol–water partition coefficient (Wildman–Crippen LogP) is 5.82. The molecule has 1 heterocycles. The fraction of sp³-hybridized carbons (Fsp3) is 0.520. The van der Waals surface area contributed by atoms with Gasteiger partial charge in [0.1, 0.15) is 11.3 Å². The largest absolute Gasteiger partial charge is 0.493 e. The molecule has 5 heteroatoms. The molecule has 0 aliphatic heterocycles. The smallest absolute Gasteiger partial charge is 0.336 e. The molecule has 0 saturated heterocycles. The highest BCUT2D eigenvalue weighted by molar-refractivity contribution is 5.77. The molecule has 0 unspecified atom stereocenters. The van der Waals surface area contributed by atoms with Crippen molar-refractivity contribution in [1.82, 2.24) is 0 Å². The molecule has 2 aromatic rings. The van der Waals surface area contributed by atoms with Gasteiger partial charge in [0.25, 0.3) is 0 Å². The molecular weight excluding hydrogens is 380 g/mol. The van der Waals surface area contributed by atoms with E-state index in [4.69, 9.17) is 14.3 Å². The first kappa shape index (κ1) is 22.1. The number of carbonyl (C=O) groups is 1. The number of rotatable bonds is 7. The molecule has 1 fully saturated rings. The van der Waals surface area contributed by atoms with Crippen molar-refractivity contribution in [3.63, 3.8) is 0 Å². The Bertz CT molecular complexity index is 998. The fourth-order valence-electron chi connectivity index (χ4n) is 4.79. The van der Waals surface area contributed by atoms with Gasteiger partial charge in [-0.15, -0.1) is 0 Å². The Morgan fingerprint density at radius 2 is 2.00 bits per heavy atom. The molecule has 1 aliphatic carbocycles. The van der Waals surface area contributed by atoms with E-state index in [2.05, 4.69) is 27.7 Å². The predicted molar refractivity (Wildman–Crippen MR) is 118 cm³/mol. The lowest BCUT2D eigenvalue weighted by Gasteiger charge is -2.48. The number of carboxylic acids is 1. The molecule has 0 amide bonds. The Kier molecular flexibility index (Phi) is 6.69. The monoisotopic (exact) mass is 412 g/mol. The van der Waals surface area contributed by atoms with Crippen LogP contribution in [0.15, 0.2) is 50.7 Å². The molecule has 30 heavy (non-hydrogen) atoms. The average Bonchev–Trinajstić information content (AvgIpc) is 2.69. The van der Waals surface area contributed by atoms with Crippen LogP contribution in [-0.2, 0) is 4.79 Å². The number of ether oxygens (including phenoxy) is 1.